The third-order valence-corrected chi connectivity index (χ3v) is 6.30. The number of hydrogen-bond donors (Lipinski definition) is 1. The molecule has 1 unspecified atom stereocenters. The van der Waals surface area contributed by atoms with Gasteiger partial charge in [0.1, 0.15) is 16.6 Å². The van der Waals surface area contributed by atoms with Crippen LogP contribution in [0, 0.1) is 5.82 Å². The van der Waals surface area contributed by atoms with Crippen LogP contribution in [0.5, 0.6) is 0 Å². The van der Waals surface area contributed by atoms with Crippen LogP contribution in [0.4, 0.5) is 4.39 Å². The molecule has 1 aromatic carbocycles. The lowest BCUT2D eigenvalue weighted by atomic mass is 10.2. The lowest BCUT2D eigenvalue weighted by Gasteiger charge is -2.03. The van der Waals surface area contributed by atoms with Crippen molar-refractivity contribution in [2.24, 2.45) is 0 Å². The topological polar surface area (TPSA) is 59.1 Å². The minimum absolute atomic E-state index is 0.0468. The Bertz CT molecular complexity index is 860. The standard InChI is InChI=1S/C17H15FN2O2S3/c18-13-5-3-12(4-6-13)17-20-14(9-24-17)10-25(22)11-16(21)19-8-15-2-1-7-23-15/h1-7,9H,8,10-11H2,(H,19,21). The quantitative estimate of drug-likeness (QED) is 0.666. The fraction of sp³-hybridized carbons (Fsp3) is 0.176. The summed E-state index contributed by atoms with van der Waals surface area (Å²) in [5, 5.41) is 7.27. The molecular formula is C17H15FN2O2S3. The van der Waals surface area contributed by atoms with Crippen LogP contribution in [0.2, 0.25) is 0 Å². The van der Waals surface area contributed by atoms with Crippen molar-refractivity contribution >= 4 is 39.4 Å². The number of rotatable bonds is 7. The largest absolute Gasteiger partial charge is 0.350 e. The van der Waals surface area contributed by atoms with Crippen LogP contribution in [0.3, 0.4) is 0 Å². The van der Waals surface area contributed by atoms with E-state index in [-0.39, 0.29) is 23.2 Å². The fourth-order valence-corrected chi connectivity index (χ4v) is 4.66. The predicted molar refractivity (Wildman–Crippen MR) is 100 cm³/mol. The van der Waals surface area contributed by atoms with E-state index in [1.807, 2.05) is 22.9 Å². The van der Waals surface area contributed by atoms with Gasteiger partial charge in [0, 0.05) is 26.6 Å². The molecule has 0 aliphatic heterocycles. The summed E-state index contributed by atoms with van der Waals surface area (Å²) >= 11 is 2.98. The molecule has 0 spiro atoms. The van der Waals surface area contributed by atoms with Gasteiger partial charge >= 0.3 is 0 Å². The van der Waals surface area contributed by atoms with E-state index in [9.17, 15) is 13.4 Å². The van der Waals surface area contributed by atoms with Gasteiger partial charge in [-0.25, -0.2) is 9.37 Å². The van der Waals surface area contributed by atoms with Gasteiger partial charge in [0.25, 0.3) is 0 Å². The Morgan fingerprint density at radius 1 is 1.20 bits per heavy atom. The third kappa shape index (κ3) is 5.29. The molecule has 0 saturated carbocycles. The minimum Gasteiger partial charge on any atom is -0.350 e. The predicted octanol–water partition coefficient (Wildman–Crippen LogP) is 3.58. The van der Waals surface area contributed by atoms with Gasteiger partial charge in [-0.05, 0) is 35.7 Å². The number of hydrogen-bond acceptors (Lipinski definition) is 5. The lowest BCUT2D eigenvalue weighted by Crippen LogP contribution is -2.27. The molecule has 0 aliphatic carbocycles. The van der Waals surface area contributed by atoms with Crippen molar-refractivity contribution in [2.45, 2.75) is 12.3 Å². The van der Waals surface area contributed by atoms with Crippen LogP contribution < -0.4 is 5.32 Å². The second-order valence-corrected chi connectivity index (χ2v) is 8.58. The maximum absolute atomic E-state index is 13.0. The summed E-state index contributed by atoms with van der Waals surface area (Å²) in [4.78, 5) is 17.3. The Balaban J connectivity index is 1.51. The number of amides is 1. The average molecular weight is 395 g/mol. The maximum Gasteiger partial charge on any atom is 0.232 e. The van der Waals surface area contributed by atoms with Gasteiger partial charge in [-0.1, -0.05) is 6.07 Å². The van der Waals surface area contributed by atoms with Gasteiger partial charge in [-0.15, -0.1) is 22.7 Å². The van der Waals surface area contributed by atoms with E-state index in [4.69, 9.17) is 0 Å². The molecule has 4 nitrogen and oxygen atoms in total. The second-order valence-electron chi connectivity index (χ2n) is 5.24. The molecule has 3 aromatic rings. The van der Waals surface area contributed by atoms with Crippen molar-refractivity contribution in [3.8, 4) is 10.6 Å². The van der Waals surface area contributed by atoms with E-state index in [1.165, 1.54) is 23.5 Å². The summed E-state index contributed by atoms with van der Waals surface area (Å²) in [5.41, 5.74) is 1.49. The summed E-state index contributed by atoms with van der Waals surface area (Å²) in [6.07, 6.45) is 0. The smallest absolute Gasteiger partial charge is 0.232 e. The lowest BCUT2D eigenvalue weighted by molar-refractivity contribution is -0.118. The van der Waals surface area contributed by atoms with Crippen LogP contribution in [0.1, 0.15) is 10.6 Å². The molecule has 8 heteroatoms. The van der Waals surface area contributed by atoms with Gasteiger partial charge in [-0.2, -0.15) is 0 Å². The van der Waals surface area contributed by atoms with Crippen molar-refractivity contribution in [1.29, 1.82) is 0 Å². The van der Waals surface area contributed by atoms with E-state index in [0.29, 0.717) is 12.2 Å². The number of nitrogens with zero attached hydrogens (tertiary/aromatic N) is 1. The highest BCUT2D eigenvalue weighted by molar-refractivity contribution is 7.84. The fourth-order valence-electron chi connectivity index (χ4n) is 2.11. The number of carbonyl (C=O) groups excluding carboxylic acids is 1. The first-order valence-corrected chi connectivity index (χ1v) is 10.7. The number of aromatic nitrogens is 1. The Morgan fingerprint density at radius 3 is 2.72 bits per heavy atom. The van der Waals surface area contributed by atoms with Gasteiger partial charge in [0.2, 0.25) is 5.91 Å². The van der Waals surface area contributed by atoms with Crippen LogP contribution >= 0.6 is 22.7 Å². The molecule has 1 atom stereocenters. The molecule has 130 valence electrons. The summed E-state index contributed by atoms with van der Waals surface area (Å²) < 4.78 is 25.1. The molecule has 2 heterocycles. The Labute approximate surface area is 155 Å². The molecule has 1 N–H and O–H groups in total. The summed E-state index contributed by atoms with van der Waals surface area (Å²) in [6.45, 7) is 0.457. The van der Waals surface area contributed by atoms with E-state index < -0.39 is 10.8 Å². The number of benzene rings is 1. The van der Waals surface area contributed by atoms with E-state index in [2.05, 4.69) is 10.3 Å². The number of nitrogens with one attached hydrogen (secondary N) is 1. The first-order chi connectivity index (χ1) is 12.1. The highest BCUT2D eigenvalue weighted by Crippen LogP contribution is 2.24. The summed E-state index contributed by atoms with van der Waals surface area (Å²) in [7, 11) is -1.32. The Kier molecular flexibility index (Phi) is 6.06. The van der Waals surface area contributed by atoms with Gasteiger partial charge < -0.3 is 5.32 Å². The van der Waals surface area contributed by atoms with E-state index in [0.717, 1.165) is 15.4 Å². The Hall–Kier alpha value is -1.90. The van der Waals surface area contributed by atoms with Crippen LogP contribution in [-0.2, 0) is 27.9 Å². The molecule has 2 aromatic heterocycles. The molecule has 0 aliphatic rings. The van der Waals surface area contributed by atoms with Crippen molar-refractivity contribution in [2.75, 3.05) is 5.75 Å². The van der Waals surface area contributed by atoms with Crippen LogP contribution in [0.15, 0.2) is 47.2 Å². The highest BCUT2D eigenvalue weighted by Gasteiger charge is 2.12. The van der Waals surface area contributed by atoms with Crippen molar-refractivity contribution in [1.82, 2.24) is 10.3 Å². The van der Waals surface area contributed by atoms with Crippen LogP contribution in [0.25, 0.3) is 10.6 Å². The van der Waals surface area contributed by atoms with E-state index in [1.54, 1.807) is 23.5 Å². The molecule has 3 rings (SSSR count). The number of thiazole rings is 1. The zero-order chi connectivity index (χ0) is 17.6. The maximum atomic E-state index is 13.0. The molecule has 25 heavy (non-hydrogen) atoms. The number of halogens is 1. The Morgan fingerprint density at radius 2 is 2.00 bits per heavy atom. The van der Waals surface area contributed by atoms with Gasteiger partial charge in [0.15, 0.2) is 0 Å². The zero-order valence-electron chi connectivity index (χ0n) is 13.1. The van der Waals surface area contributed by atoms with Crippen molar-refractivity contribution in [3.05, 3.63) is 63.5 Å². The molecule has 0 bridgehead atoms. The van der Waals surface area contributed by atoms with E-state index >= 15 is 0 Å². The minimum atomic E-state index is -1.32. The third-order valence-electron chi connectivity index (χ3n) is 3.28. The van der Waals surface area contributed by atoms with Crippen molar-refractivity contribution in [3.63, 3.8) is 0 Å². The molecule has 1 amide bonds. The average Bonchev–Trinajstić information content (AvgIpc) is 3.25. The zero-order valence-corrected chi connectivity index (χ0v) is 15.6. The second kappa shape index (κ2) is 8.46. The molecule has 0 saturated heterocycles. The van der Waals surface area contributed by atoms with Crippen molar-refractivity contribution < 1.29 is 13.4 Å². The molecule has 0 radical (unpaired) electrons. The highest BCUT2D eigenvalue weighted by atomic mass is 32.2. The SMILES string of the molecule is O=C(CS(=O)Cc1csc(-c2ccc(F)cc2)n1)NCc1cccs1. The normalized spacial score (nSPS) is 12.0. The number of carbonyl (C=O) groups is 1. The summed E-state index contributed by atoms with van der Waals surface area (Å²) in [5.74, 6) is -0.352. The monoisotopic (exact) mass is 394 g/mol. The first kappa shape index (κ1) is 17.9. The van der Waals surface area contributed by atoms with Crippen LogP contribution in [-0.4, -0.2) is 20.9 Å². The first-order valence-electron chi connectivity index (χ1n) is 7.44. The molecule has 0 fully saturated rings. The van der Waals surface area contributed by atoms with Gasteiger partial charge in [0.05, 0.1) is 18.0 Å². The molecular weight excluding hydrogens is 379 g/mol. The summed E-state index contributed by atoms with van der Waals surface area (Å²) in [6, 6.07) is 9.94. The number of thiophene rings is 1. The van der Waals surface area contributed by atoms with Gasteiger partial charge in [-0.3, -0.25) is 9.00 Å².